The van der Waals surface area contributed by atoms with E-state index < -0.39 is 0 Å². The number of hydrogen-bond donors (Lipinski definition) is 1. The van der Waals surface area contributed by atoms with Gasteiger partial charge in [-0.1, -0.05) is 0 Å². The lowest BCUT2D eigenvalue weighted by atomic mass is 10.7. The first-order valence-electron chi connectivity index (χ1n) is 1.98. The highest BCUT2D eigenvalue weighted by molar-refractivity contribution is 5.00. The van der Waals surface area contributed by atoms with Crippen LogP contribution in [0.5, 0.6) is 0 Å². The maximum Gasteiger partial charge on any atom is 0.0610 e. The lowest BCUT2D eigenvalue weighted by Gasteiger charge is -1.92. The van der Waals surface area contributed by atoms with Crippen LogP contribution in [0.2, 0.25) is 0 Å². The summed E-state index contributed by atoms with van der Waals surface area (Å²) in [5.74, 6) is 0. The van der Waals surface area contributed by atoms with E-state index in [0.717, 1.165) is 6.54 Å². The van der Waals surface area contributed by atoms with Crippen molar-refractivity contribution in [2.75, 3.05) is 13.2 Å². The number of β-amino-alcohol motifs (C(OH)–C–C–N with tert-alkyl or cyclic N) is 1. The Balaban J connectivity index is 1.90. The Bertz CT molecular complexity index is 63.9. The standard InChI is InChI=1S/C4H7NO/c6-4-3-5-1-2-5/h1-2,6H,3-4H2. The summed E-state index contributed by atoms with van der Waals surface area (Å²) in [6, 6.07) is 0. The van der Waals surface area contributed by atoms with Gasteiger partial charge in [-0.3, -0.25) is 0 Å². The number of hydrogen-bond acceptors (Lipinski definition) is 2. The first kappa shape index (κ1) is 3.68. The molecular formula is C4H7NO. The van der Waals surface area contributed by atoms with Crippen molar-refractivity contribution in [1.82, 2.24) is 4.90 Å². The Morgan fingerprint density at radius 3 is 2.33 bits per heavy atom. The highest BCUT2D eigenvalue weighted by atomic mass is 16.3. The van der Waals surface area contributed by atoms with Crippen molar-refractivity contribution in [3.63, 3.8) is 0 Å². The molecule has 0 bridgehead atoms. The molecule has 0 fully saturated rings. The van der Waals surface area contributed by atoms with Crippen LogP contribution in [0, 0.1) is 0 Å². The third kappa shape index (κ3) is 0.723. The van der Waals surface area contributed by atoms with E-state index in [1.54, 1.807) is 0 Å². The Morgan fingerprint density at radius 2 is 2.17 bits per heavy atom. The third-order valence-electron chi connectivity index (χ3n) is 0.718. The van der Waals surface area contributed by atoms with Crippen LogP contribution in [0.3, 0.4) is 0 Å². The van der Waals surface area contributed by atoms with Gasteiger partial charge >= 0.3 is 0 Å². The van der Waals surface area contributed by atoms with Gasteiger partial charge in [0.1, 0.15) is 0 Å². The smallest absolute Gasteiger partial charge is 0.0610 e. The minimum atomic E-state index is 0.257. The minimum absolute atomic E-state index is 0.257. The van der Waals surface area contributed by atoms with Gasteiger partial charge in [0.25, 0.3) is 0 Å². The van der Waals surface area contributed by atoms with Gasteiger partial charge in [0, 0.05) is 18.9 Å². The zero-order valence-corrected chi connectivity index (χ0v) is 3.46. The van der Waals surface area contributed by atoms with Crippen LogP contribution in [0.4, 0.5) is 0 Å². The molecule has 1 aliphatic heterocycles. The van der Waals surface area contributed by atoms with E-state index >= 15 is 0 Å². The average molecular weight is 85.1 g/mol. The maximum absolute atomic E-state index is 8.20. The normalized spacial score (nSPS) is 15.8. The van der Waals surface area contributed by atoms with Crippen molar-refractivity contribution in [2.24, 2.45) is 0 Å². The van der Waals surface area contributed by atoms with E-state index in [0.29, 0.717) is 0 Å². The van der Waals surface area contributed by atoms with Crippen molar-refractivity contribution in [2.45, 2.75) is 0 Å². The molecule has 1 N–H and O–H groups in total. The summed E-state index contributed by atoms with van der Waals surface area (Å²) < 4.78 is 0. The van der Waals surface area contributed by atoms with Gasteiger partial charge in [-0.15, -0.1) is 0 Å². The second-order valence-corrected chi connectivity index (χ2v) is 1.26. The second-order valence-electron chi connectivity index (χ2n) is 1.26. The molecule has 1 heterocycles. The fourth-order valence-electron chi connectivity index (χ4n) is 0.312. The van der Waals surface area contributed by atoms with Crippen LogP contribution >= 0.6 is 0 Å². The molecule has 0 saturated carbocycles. The maximum atomic E-state index is 8.20. The van der Waals surface area contributed by atoms with Crippen LogP contribution in [0.15, 0.2) is 12.4 Å². The van der Waals surface area contributed by atoms with E-state index in [2.05, 4.69) is 0 Å². The van der Waals surface area contributed by atoms with E-state index in [-0.39, 0.29) is 6.61 Å². The third-order valence-corrected chi connectivity index (χ3v) is 0.718. The SMILES string of the molecule is OCCN1C=C1. The van der Waals surface area contributed by atoms with Gasteiger partial charge in [0.05, 0.1) is 6.61 Å². The monoisotopic (exact) mass is 85.1 g/mol. The Morgan fingerprint density at radius 1 is 1.50 bits per heavy atom. The highest BCUT2D eigenvalue weighted by Gasteiger charge is 2.00. The molecule has 6 heavy (non-hydrogen) atoms. The lowest BCUT2D eigenvalue weighted by molar-refractivity contribution is 0.276. The molecule has 1 rings (SSSR count). The topological polar surface area (TPSA) is 23.2 Å². The Hall–Kier alpha value is -0.500. The summed E-state index contributed by atoms with van der Waals surface area (Å²) in [7, 11) is 0. The summed E-state index contributed by atoms with van der Waals surface area (Å²) in [6.07, 6.45) is 3.85. The van der Waals surface area contributed by atoms with Crippen LogP contribution in [-0.4, -0.2) is 23.2 Å². The van der Waals surface area contributed by atoms with E-state index in [9.17, 15) is 0 Å². The average Bonchev–Trinajstić information content (AvgIpc) is 2.21. The summed E-state index contributed by atoms with van der Waals surface area (Å²) in [5, 5.41) is 8.20. The quantitative estimate of drug-likeness (QED) is 0.500. The zero-order chi connectivity index (χ0) is 4.41. The van der Waals surface area contributed by atoms with Crippen molar-refractivity contribution in [1.29, 1.82) is 0 Å². The molecule has 0 aromatic carbocycles. The molecule has 0 aromatic heterocycles. The number of aliphatic hydroxyl groups is 1. The molecule has 0 atom stereocenters. The van der Waals surface area contributed by atoms with Crippen LogP contribution in [-0.2, 0) is 0 Å². The number of aliphatic hydroxyl groups excluding tert-OH is 1. The van der Waals surface area contributed by atoms with Gasteiger partial charge in [-0.2, -0.15) is 0 Å². The first-order chi connectivity index (χ1) is 2.93. The fourth-order valence-corrected chi connectivity index (χ4v) is 0.312. The highest BCUT2D eigenvalue weighted by Crippen LogP contribution is 2.02. The van der Waals surface area contributed by atoms with Gasteiger partial charge in [-0.25, -0.2) is 0 Å². The summed E-state index contributed by atoms with van der Waals surface area (Å²) >= 11 is 0. The predicted molar refractivity (Wildman–Crippen MR) is 22.9 cm³/mol. The molecule has 2 nitrogen and oxygen atoms in total. The van der Waals surface area contributed by atoms with E-state index in [1.165, 1.54) is 0 Å². The molecule has 0 radical (unpaired) electrons. The summed E-state index contributed by atoms with van der Waals surface area (Å²) in [6.45, 7) is 1.02. The molecule has 0 unspecified atom stereocenters. The second kappa shape index (κ2) is 1.30. The van der Waals surface area contributed by atoms with Gasteiger partial charge in [0.2, 0.25) is 0 Å². The fraction of sp³-hybridized carbons (Fsp3) is 0.500. The Kier molecular flexibility index (Phi) is 0.801. The van der Waals surface area contributed by atoms with Gasteiger partial charge < -0.3 is 10.0 Å². The molecule has 0 aliphatic carbocycles. The lowest BCUT2D eigenvalue weighted by Crippen LogP contribution is -2.01. The molecule has 34 valence electrons. The molecule has 0 spiro atoms. The first-order valence-corrected chi connectivity index (χ1v) is 1.98. The molecule has 0 aromatic rings. The van der Waals surface area contributed by atoms with Crippen LogP contribution < -0.4 is 0 Å². The van der Waals surface area contributed by atoms with Crippen molar-refractivity contribution < 1.29 is 5.11 Å². The molecule has 1 aliphatic rings. The van der Waals surface area contributed by atoms with Gasteiger partial charge in [-0.05, 0) is 0 Å². The summed E-state index contributed by atoms with van der Waals surface area (Å²) in [5.41, 5.74) is 0. The largest absolute Gasteiger partial charge is 0.395 e. The van der Waals surface area contributed by atoms with Crippen molar-refractivity contribution in [3.05, 3.63) is 12.4 Å². The number of nitrogens with zero attached hydrogens (tertiary/aromatic N) is 1. The molecule has 0 amide bonds. The molecule has 0 saturated heterocycles. The van der Waals surface area contributed by atoms with E-state index in [4.69, 9.17) is 5.11 Å². The zero-order valence-electron chi connectivity index (χ0n) is 3.46. The van der Waals surface area contributed by atoms with E-state index in [1.807, 2.05) is 17.3 Å². The Labute approximate surface area is 36.7 Å². The van der Waals surface area contributed by atoms with Crippen molar-refractivity contribution in [3.8, 4) is 0 Å². The van der Waals surface area contributed by atoms with Crippen molar-refractivity contribution >= 4 is 0 Å². The number of rotatable bonds is 2. The minimum Gasteiger partial charge on any atom is -0.395 e. The molecular weight excluding hydrogens is 78.0 g/mol. The predicted octanol–water partition coefficient (Wildman–Crippen LogP) is -0.235. The van der Waals surface area contributed by atoms with Crippen LogP contribution in [0.25, 0.3) is 0 Å². The summed E-state index contributed by atoms with van der Waals surface area (Å²) in [4.78, 5) is 1.93. The van der Waals surface area contributed by atoms with Crippen LogP contribution in [0.1, 0.15) is 0 Å². The molecule has 2 heteroatoms. The van der Waals surface area contributed by atoms with Gasteiger partial charge in [0.15, 0.2) is 0 Å².